The van der Waals surface area contributed by atoms with Crippen molar-refractivity contribution in [3.63, 3.8) is 0 Å². The molecule has 4 fully saturated rings. The second-order valence-electron chi connectivity index (χ2n) is 12.0. The number of hydrogen-bond acceptors (Lipinski definition) is 3. The fourth-order valence-electron chi connectivity index (χ4n) is 8.90. The molecule has 2 saturated carbocycles. The minimum absolute atomic E-state index is 0.0102. The molecule has 31 heavy (non-hydrogen) atoms. The molecular formula is C27H38ClNO2. The number of piperidine rings is 1. The van der Waals surface area contributed by atoms with Crippen molar-refractivity contribution in [1.82, 2.24) is 5.32 Å². The molecule has 10 atom stereocenters. The van der Waals surface area contributed by atoms with Crippen LogP contribution >= 0.6 is 11.6 Å². The number of fused-ring (bicyclic) bond motifs is 6. The summed E-state index contributed by atoms with van der Waals surface area (Å²) < 4.78 is 6.94. The molecule has 0 bridgehead atoms. The first-order valence-corrected chi connectivity index (χ1v) is 13.2. The average Bonchev–Trinajstić information content (AvgIpc) is 3.18. The third kappa shape index (κ3) is 2.69. The molecule has 0 radical (unpaired) electrons. The Morgan fingerprint density at radius 1 is 1.23 bits per heavy atom. The third-order valence-electron chi connectivity index (χ3n) is 10.6. The molecule has 2 saturated heterocycles. The fourth-order valence-corrected chi connectivity index (χ4v) is 9.18. The smallest absolute Gasteiger partial charge is 0.163 e. The lowest BCUT2D eigenvalue weighted by Crippen LogP contribution is -2.49. The van der Waals surface area contributed by atoms with Gasteiger partial charge in [0.05, 0.1) is 11.7 Å². The van der Waals surface area contributed by atoms with E-state index < -0.39 is 0 Å². The molecular weight excluding hydrogens is 406 g/mol. The Labute approximate surface area is 192 Å². The van der Waals surface area contributed by atoms with Gasteiger partial charge in [0.25, 0.3) is 0 Å². The molecule has 0 aromatic carbocycles. The first-order valence-electron chi connectivity index (χ1n) is 12.8. The highest BCUT2D eigenvalue weighted by atomic mass is 35.5. The predicted molar refractivity (Wildman–Crippen MR) is 124 cm³/mol. The normalized spacial score (nSPS) is 53.7. The van der Waals surface area contributed by atoms with Crippen molar-refractivity contribution in [2.45, 2.75) is 95.8 Å². The lowest BCUT2D eigenvalue weighted by atomic mass is 9.56. The van der Waals surface area contributed by atoms with Crippen LogP contribution in [-0.2, 0) is 9.53 Å². The van der Waals surface area contributed by atoms with Crippen LogP contribution in [0, 0.1) is 35.0 Å². The standard InChI is InChI=1S/C27H38ClNO2/c1-14-11-21-24(29-13-14)16(3)27(31-21)10-8-19-20-6-5-17-12-18(28)7-9-26(17,4)23(20)25(30)22(19)15(27)2/h5,14,16,18-21,23-24,29H,6-13H2,1-4H3/t14-,16+,18+,19?,20-,21+,23+,24-,26-,27-/m0/s1. The van der Waals surface area contributed by atoms with E-state index in [-0.39, 0.29) is 28.4 Å². The van der Waals surface area contributed by atoms with Crippen LogP contribution in [0.5, 0.6) is 0 Å². The summed E-state index contributed by atoms with van der Waals surface area (Å²) in [4.78, 5) is 14.2. The number of nitrogens with one attached hydrogen (secondary N) is 1. The van der Waals surface area contributed by atoms with Gasteiger partial charge in [0.1, 0.15) is 0 Å². The molecule has 0 aromatic heterocycles. The van der Waals surface area contributed by atoms with E-state index in [0.29, 0.717) is 35.5 Å². The maximum atomic E-state index is 14.2. The molecule has 4 heteroatoms. The summed E-state index contributed by atoms with van der Waals surface area (Å²) >= 11 is 6.53. The number of rotatable bonds is 0. The molecule has 2 aliphatic heterocycles. The lowest BCUT2D eigenvalue weighted by Gasteiger charge is -2.48. The maximum absolute atomic E-state index is 14.2. The van der Waals surface area contributed by atoms with E-state index in [1.807, 2.05) is 0 Å². The number of ketones is 1. The highest BCUT2D eigenvalue weighted by Crippen LogP contribution is 2.64. The van der Waals surface area contributed by atoms with Crippen molar-refractivity contribution in [2.75, 3.05) is 6.54 Å². The Balaban J connectivity index is 1.39. The summed E-state index contributed by atoms with van der Waals surface area (Å²) in [6, 6.07) is 0.423. The van der Waals surface area contributed by atoms with Gasteiger partial charge in [-0.05, 0) is 87.2 Å². The van der Waals surface area contributed by atoms with Gasteiger partial charge in [-0.3, -0.25) is 4.79 Å². The Kier molecular flexibility index (Phi) is 4.68. The van der Waals surface area contributed by atoms with Crippen LogP contribution < -0.4 is 5.32 Å². The highest BCUT2D eigenvalue weighted by Gasteiger charge is 2.63. The van der Waals surface area contributed by atoms with Gasteiger partial charge in [-0.25, -0.2) is 0 Å². The second kappa shape index (κ2) is 6.93. The van der Waals surface area contributed by atoms with E-state index in [2.05, 4.69) is 39.1 Å². The van der Waals surface area contributed by atoms with Crippen molar-refractivity contribution >= 4 is 17.4 Å². The number of allylic oxidation sites excluding steroid dienone is 3. The minimum Gasteiger partial charge on any atom is -0.365 e. The van der Waals surface area contributed by atoms with Gasteiger partial charge in [0.2, 0.25) is 0 Å². The van der Waals surface area contributed by atoms with E-state index in [4.69, 9.17) is 16.3 Å². The zero-order valence-corrected chi connectivity index (χ0v) is 20.3. The summed E-state index contributed by atoms with van der Waals surface area (Å²) in [5, 5.41) is 4.03. The summed E-state index contributed by atoms with van der Waals surface area (Å²) in [5.41, 5.74) is 3.69. The molecule has 4 aliphatic carbocycles. The van der Waals surface area contributed by atoms with Crippen molar-refractivity contribution in [3.8, 4) is 0 Å². The SMILES string of the molecule is CC1=C2C(=O)[C@H]3[C@@H](CC=C4C[C@H](Cl)CC[C@@]43C)C2CC[C@]12O[C@@H]1C[C@H](C)CN[C@H]1[C@H]2C. The van der Waals surface area contributed by atoms with Gasteiger partial charge in [0.15, 0.2) is 5.78 Å². The topological polar surface area (TPSA) is 38.3 Å². The van der Waals surface area contributed by atoms with E-state index in [1.165, 1.54) is 16.7 Å². The van der Waals surface area contributed by atoms with Crippen LogP contribution in [0.3, 0.4) is 0 Å². The average molecular weight is 444 g/mol. The van der Waals surface area contributed by atoms with E-state index in [1.54, 1.807) is 0 Å². The number of alkyl halides is 1. The molecule has 1 unspecified atom stereocenters. The first kappa shape index (κ1) is 20.9. The monoisotopic (exact) mass is 443 g/mol. The van der Waals surface area contributed by atoms with Crippen LogP contribution in [0.15, 0.2) is 22.8 Å². The molecule has 0 amide bonds. The van der Waals surface area contributed by atoms with Gasteiger partial charge in [-0.15, -0.1) is 11.6 Å². The molecule has 1 N–H and O–H groups in total. The first-order chi connectivity index (χ1) is 14.8. The molecule has 0 aromatic rings. The number of Topliss-reactive ketones (excluding diaryl/α,β-unsaturated/α-hetero) is 1. The van der Waals surface area contributed by atoms with Crippen LogP contribution in [0.1, 0.15) is 72.6 Å². The quantitative estimate of drug-likeness (QED) is 0.401. The summed E-state index contributed by atoms with van der Waals surface area (Å²) in [5.74, 6) is 2.60. The number of ether oxygens (including phenoxy) is 1. The zero-order valence-electron chi connectivity index (χ0n) is 19.5. The number of halogens is 1. The number of carbonyl (C=O) groups excluding carboxylic acids is 1. The fraction of sp³-hybridized carbons (Fsp3) is 0.815. The zero-order chi connectivity index (χ0) is 21.7. The molecule has 2 heterocycles. The van der Waals surface area contributed by atoms with Crippen molar-refractivity contribution < 1.29 is 9.53 Å². The van der Waals surface area contributed by atoms with Crippen molar-refractivity contribution in [2.24, 2.45) is 35.0 Å². The highest BCUT2D eigenvalue weighted by molar-refractivity contribution is 6.20. The molecule has 6 aliphatic rings. The van der Waals surface area contributed by atoms with Crippen LogP contribution in [-0.4, -0.2) is 35.5 Å². The lowest BCUT2D eigenvalue weighted by molar-refractivity contribution is -0.122. The molecule has 170 valence electrons. The van der Waals surface area contributed by atoms with Gasteiger partial charge < -0.3 is 10.1 Å². The largest absolute Gasteiger partial charge is 0.365 e. The van der Waals surface area contributed by atoms with Crippen molar-refractivity contribution in [3.05, 3.63) is 22.8 Å². The Morgan fingerprint density at radius 3 is 2.84 bits per heavy atom. The van der Waals surface area contributed by atoms with Crippen LogP contribution in [0.25, 0.3) is 0 Å². The molecule has 3 nitrogen and oxygen atoms in total. The molecule has 1 spiro atoms. The maximum Gasteiger partial charge on any atom is 0.163 e. The van der Waals surface area contributed by atoms with E-state index in [9.17, 15) is 4.79 Å². The van der Waals surface area contributed by atoms with Crippen LogP contribution in [0.4, 0.5) is 0 Å². The Hall–Kier alpha value is -0.640. The molecule has 6 rings (SSSR count). The Bertz CT molecular complexity index is 878. The summed E-state index contributed by atoms with van der Waals surface area (Å²) in [7, 11) is 0. The van der Waals surface area contributed by atoms with Gasteiger partial charge >= 0.3 is 0 Å². The second-order valence-corrected chi connectivity index (χ2v) is 12.6. The van der Waals surface area contributed by atoms with Gasteiger partial charge in [-0.1, -0.05) is 32.4 Å². The third-order valence-corrected chi connectivity index (χ3v) is 10.9. The van der Waals surface area contributed by atoms with E-state index in [0.717, 1.165) is 51.5 Å². The number of hydrogen-bond donors (Lipinski definition) is 1. The number of carbonyl (C=O) groups is 1. The summed E-state index contributed by atoms with van der Waals surface area (Å²) in [6.07, 6.45) is 10.2. The minimum atomic E-state index is -0.244. The Morgan fingerprint density at radius 2 is 2.03 bits per heavy atom. The van der Waals surface area contributed by atoms with Crippen LogP contribution in [0.2, 0.25) is 0 Å². The van der Waals surface area contributed by atoms with Gasteiger partial charge in [0, 0.05) is 28.8 Å². The predicted octanol–water partition coefficient (Wildman–Crippen LogP) is 5.43. The van der Waals surface area contributed by atoms with Crippen molar-refractivity contribution in [1.29, 1.82) is 0 Å². The summed E-state index contributed by atoms with van der Waals surface area (Å²) in [6.45, 7) is 10.4. The van der Waals surface area contributed by atoms with E-state index >= 15 is 0 Å². The van der Waals surface area contributed by atoms with Gasteiger partial charge in [-0.2, -0.15) is 0 Å².